The Morgan fingerprint density at radius 1 is 1.22 bits per heavy atom. The Morgan fingerprint density at radius 3 is 2.84 bits per heavy atom. The number of rotatable bonds is 1. The van der Waals surface area contributed by atoms with Gasteiger partial charge in [-0.15, -0.1) is 0 Å². The molecule has 7 rings (SSSR count). The third-order valence-corrected chi connectivity index (χ3v) is 9.00. The number of piperidine rings is 1. The zero-order valence-corrected chi connectivity index (χ0v) is 18.6. The van der Waals surface area contributed by atoms with Gasteiger partial charge in [-0.3, -0.25) is 4.79 Å². The lowest BCUT2D eigenvalue weighted by atomic mass is 9.51. The first-order valence-corrected chi connectivity index (χ1v) is 11.8. The van der Waals surface area contributed by atoms with Crippen LogP contribution in [-0.2, 0) is 23.0 Å². The lowest BCUT2D eigenvalue weighted by molar-refractivity contribution is -0.0256. The standard InChI is InChI=1S/C25H29N3O4/c1-13-15-12-16-17-11-14-3-4-18(29)22-19(14)25(16,5-6-27(17)2)23(32-22)21(15)26-20(13)24(30)28-7-9-31-10-8-28/h3-4,16-17,23,26,29H,5-12H2,1-2H3. The summed E-state index contributed by atoms with van der Waals surface area (Å²) in [6, 6.07) is 4.32. The van der Waals surface area contributed by atoms with E-state index in [-0.39, 0.29) is 23.2 Å². The highest BCUT2D eigenvalue weighted by Gasteiger charge is 2.65. The zero-order valence-electron chi connectivity index (χ0n) is 18.6. The number of morpholine rings is 1. The number of fused-ring (bicyclic) bond motifs is 2. The molecule has 5 aliphatic rings. The Hall–Kier alpha value is -2.51. The number of likely N-dealkylation sites (N-methyl/N-ethyl adjacent to an activating group) is 1. The Bertz CT molecular complexity index is 1150. The Labute approximate surface area is 187 Å². The number of nitrogens with zero attached hydrogens (tertiary/aromatic N) is 2. The van der Waals surface area contributed by atoms with E-state index in [0.29, 0.717) is 49.7 Å². The lowest BCUT2D eigenvalue weighted by Crippen LogP contribution is -2.62. The van der Waals surface area contributed by atoms with Gasteiger partial charge in [0, 0.05) is 30.1 Å². The van der Waals surface area contributed by atoms with E-state index in [9.17, 15) is 9.90 Å². The minimum atomic E-state index is -0.181. The first-order chi connectivity index (χ1) is 15.5. The number of nitrogens with one attached hydrogen (secondary N) is 1. The number of carbonyl (C=O) groups excluding carboxylic acids is 1. The predicted molar refractivity (Wildman–Crippen MR) is 117 cm³/mol. The average molecular weight is 436 g/mol. The Balaban J connectivity index is 1.40. The second-order valence-corrected chi connectivity index (χ2v) is 10.2. The number of benzene rings is 1. The van der Waals surface area contributed by atoms with Crippen LogP contribution >= 0.6 is 0 Å². The normalized spacial score (nSPS) is 32.3. The lowest BCUT2D eigenvalue weighted by Gasteiger charge is -2.57. The highest BCUT2D eigenvalue weighted by Crippen LogP contribution is 2.67. The molecule has 2 bridgehead atoms. The van der Waals surface area contributed by atoms with Crippen LogP contribution in [0.1, 0.15) is 51.0 Å². The van der Waals surface area contributed by atoms with Crippen molar-refractivity contribution in [2.24, 2.45) is 5.92 Å². The monoisotopic (exact) mass is 435 g/mol. The van der Waals surface area contributed by atoms with E-state index < -0.39 is 0 Å². The number of aromatic nitrogens is 1. The van der Waals surface area contributed by atoms with Crippen LogP contribution in [0.5, 0.6) is 11.5 Å². The van der Waals surface area contributed by atoms with Crippen molar-refractivity contribution in [3.63, 3.8) is 0 Å². The summed E-state index contributed by atoms with van der Waals surface area (Å²) in [5.41, 5.74) is 6.44. The molecule has 4 heterocycles. The molecule has 32 heavy (non-hydrogen) atoms. The number of phenolic OH excluding ortho intramolecular Hbond substituents is 1. The number of phenols is 1. The van der Waals surface area contributed by atoms with Crippen molar-refractivity contribution in [2.45, 2.75) is 43.7 Å². The molecule has 2 N–H and O–H groups in total. The number of amides is 1. The van der Waals surface area contributed by atoms with E-state index >= 15 is 0 Å². The van der Waals surface area contributed by atoms with Crippen molar-refractivity contribution in [2.75, 3.05) is 39.9 Å². The molecular weight excluding hydrogens is 406 g/mol. The molecule has 0 radical (unpaired) electrons. The molecule has 2 saturated heterocycles. The molecule has 1 aromatic heterocycles. The van der Waals surface area contributed by atoms with Gasteiger partial charge in [-0.2, -0.15) is 0 Å². The summed E-state index contributed by atoms with van der Waals surface area (Å²) in [5.74, 6) is 1.37. The van der Waals surface area contributed by atoms with E-state index in [0.717, 1.165) is 37.1 Å². The van der Waals surface area contributed by atoms with Crippen molar-refractivity contribution < 1.29 is 19.4 Å². The van der Waals surface area contributed by atoms with Crippen molar-refractivity contribution in [3.8, 4) is 11.5 Å². The number of likely N-dealkylation sites (tertiary alicyclic amines) is 1. The van der Waals surface area contributed by atoms with Crippen molar-refractivity contribution in [3.05, 3.63) is 45.8 Å². The largest absolute Gasteiger partial charge is 0.504 e. The van der Waals surface area contributed by atoms with Crippen LogP contribution < -0.4 is 4.74 Å². The van der Waals surface area contributed by atoms with Crippen LogP contribution in [0.25, 0.3) is 0 Å². The summed E-state index contributed by atoms with van der Waals surface area (Å²) < 4.78 is 12.1. The van der Waals surface area contributed by atoms with Crippen LogP contribution in [0.2, 0.25) is 0 Å². The van der Waals surface area contributed by atoms with Gasteiger partial charge in [0.2, 0.25) is 0 Å². The quantitative estimate of drug-likeness (QED) is 0.719. The van der Waals surface area contributed by atoms with Crippen LogP contribution in [0.4, 0.5) is 0 Å². The average Bonchev–Trinajstić information content (AvgIpc) is 3.33. The molecule has 2 aromatic rings. The molecule has 4 unspecified atom stereocenters. The molecule has 1 aromatic carbocycles. The molecule has 7 nitrogen and oxygen atoms in total. The molecule has 1 amide bonds. The van der Waals surface area contributed by atoms with Crippen molar-refractivity contribution >= 4 is 5.91 Å². The first kappa shape index (κ1) is 19.0. The van der Waals surface area contributed by atoms with Gasteiger partial charge in [0.1, 0.15) is 11.8 Å². The second-order valence-electron chi connectivity index (χ2n) is 10.2. The fourth-order valence-electron chi connectivity index (χ4n) is 7.43. The second kappa shape index (κ2) is 6.29. The Kier molecular flexibility index (Phi) is 3.74. The fourth-order valence-corrected chi connectivity index (χ4v) is 7.43. The van der Waals surface area contributed by atoms with Crippen molar-refractivity contribution in [1.82, 2.24) is 14.8 Å². The van der Waals surface area contributed by atoms with Gasteiger partial charge in [0.05, 0.1) is 18.9 Å². The summed E-state index contributed by atoms with van der Waals surface area (Å²) in [7, 11) is 2.24. The van der Waals surface area contributed by atoms with Gasteiger partial charge in [0.15, 0.2) is 11.5 Å². The van der Waals surface area contributed by atoms with Crippen LogP contribution in [0, 0.1) is 12.8 Å². The molecule has 2 aliphatic carbocycles. The molecule has 2 fully saturated rings. The first-order valence-electron chi connectivity index (χ1n) is 11.8. The van der Waals surface area contributed by atoms with Gasteiger partial charge in [0.25, 0.3) is 5.91 Å². The number of H-pyrrole nitrogens is 1. The highest BCUT2D eigenvalue weighted by molar-refractivity contribution is 5.94. The van der Waals surface area contributed by atoms with E-state index in [1.807, 2.05) is 4.90 Å². The van der Waals surface area contributed by atoms with Gasteiger partial charge < -0.3 is 29.4 Å². The number of aromatic amines is 1. The van der Waals surface area contributed by atoms with Crippen LogP contribution in [-0.4, -0.2) is 71.7 Å². The van der Waals surface area contributed by atoms with E-state index in [2.05, 4.69) is 29.9 Å². The Morgan fingerprint density at radius 2 is 2.03 bits per heavy atom. The van der Waals surface area contributed by atoms with Gasteiger partial charge >= 0.3 is 0 Å². The number of hydrogen-bond donors (Lipinski definition) is 2. The summed E-state index contributed by atoms with van der Waals surface area (Å²) in [6.07, 6.45) is 2.75. The molecule has 7 heteroatoms. The zero-order chi connectivity index (χ0) is 21.8. The smallest absolute Gasteiger partial charge is 0.270 e. The fraction of sp³-hybridized carbons (Fsp3) is 0.560. The molecule has 4 atom stereocenters. The number of hydrogen-bond acceptors (Lipinski definition) is 5. The summed E-state index contributed by atoms with van der Waals surface area (Å²) in [6.45, 7) is 5.54. The predicted octanol–water partition coefficient (Wildman–Crippen LogP) is 2.31. The highest BCUT2D eigenvalue weighted by atomic mass is 16.5. The molecule has 1 spiro atoms. The van der Waals surface area contributed by atoms with Gasteiger partial charge in [-0.25, -0.2) is 0 Å². The topological polar surface area (TPSA) is 78.0 Å². The van der Waals surface area contributed by atoms with Crippen LogP contribution in [0.3, 0.4) is 0 Å². The van der Waals surface area contributed by atoms with E-state index in [1.165, 1.54) is 16.7 Å². The maximum atomic E-state index is 13.4. The van der Waals surface area contributed by atoms with E-state index in [1.54, 1.807) is 6.07 Å². The molecule has 168 valence electrons. The number of carbonyl (C=O) groups is 1. The maximum Gasteiger partial charge on any atom is 0.270 e. The molecule has 0 saturated carbocycles. The number of aromatic hydroxyl groups is 1. The van der Waals surface area contributed by atoms with E-state index in [4.69, 9.17) is 9.47 Å². The molecule has 3 aliphatic heterocycles. The third kappa shape index (κ3) is 2.16. The van der Waals surface area contributed by atoms with Gasteiger partial charge in [-0.1, -0.05) is 6.07 Å². The number of ether oxygens (including phenoxy) is 2. The minimum absolute atomic E-state index is 0.0554. The minimum Gasteiger partial charge on any atom is -0.504 e. The summed E-state index contributed by atoms with van der Waals surface area (Å²) >= 11 is 0. The SMILES string of the molecule is Cc1c(C(=O)N2CCOCC2)[nH]c2c1CC1C3Cc4ccc(O)c5c4C1(CCN3C)C2O5. The van der Waals surface area contributed by atoms with Gasteiger partial charge in [-0.05, 0) is 68.5 Å². The van der Waals surface area contributed by atoms with Crippen LogP contribution in [0.15, 0.2) is 12.1 Å². The van der Waals surface area contributed by atoms with Crippen molar-refractivity contribution in [1.29, 1.82) is 0 Å². The third-order valence-electron chi connectivity index (χ3n) is 9.00. The molecular formula is C25H29N3O4. The summed E-state index contributed by atoms with van der Waals surface area (Å²) in [5, 5.41) is 10.7. The maximum absolute atomic E-state index is 13.4. The summed E-state index contributed by atoms with van der Waals surface area (Å²) in [4.78, 5) is 21.3.